The number of aromatic nitrogens is 4. The third-order valence-corrected chi connectivity index (χ3v) is 1.42. The molecule has 0 aromatic carbocycles. The van der Waals surface area contributed by atoms with Crippen LogP contribution in [-0.2, 0) is 0 Å². The first-order chi connectivity index (χ1) is 6.42. The molecule has 0 saturated heterocycles. The Hall–Kier alpha value is -2.34. The standard InChI is InChI=1S/C5H4N8/c6-12-13-11-5-3-4(8-1-7-3)9-2-10-5/h1-2H,(H2,7,8,9,10,11). The van der Waals surface area contributed by atoms with Crippen LogP contribution in [0.5, 0.6) is 0 Å². The molecule has 64 valence electrons. The third kappa shape index (κ3) is 1.21. The maximum absolute atomic E-state index is 8.08. The average molecular weight is 176 g/mol. The molecule has 2 heterocycles. The molecular weight excluding hydrogens is 172 g/mol. The first kappa shape index (κ1) is 7.32. The molecule has 0 saturated carbocycles. The summed E-state index contributed by atoms with van der Waals surface area (Å²) in [6.07, 6.45) is 2.82. The number of nitrogens with one attached hydrogen (secondary N) is 2. The summed E-state index contributed by atoms with van der Waals surface area (Å²) < 4.78 is 0. The second kappa shape index (κ2) is 2.95. The smallest absolute Gasteiger partial charge is 0.251 e. The van der Waals surface area contributed by atoms with E-state index >= 15 is 0 Å². The molecule has 2 aromatic rings. The number of rotatable bonds is 2. The molecule has 0 amide bonds. The first-order valence-corrected chi connectivity index (χ1v) is 3.36. The Labute approximate surface area is 71.6 Å². The molecule has 2 N–H and O–H groups in total. The highest BCUT2D eigenvalue weighted by Crippen LogP contribution is 2.13. The van der Waals surface area contributed by atoms with Gasteiger partial charge in [-0.15, -0.1) is 5.53 Å². The lowest BCUT2D eigenvalue weighted by molar-refractivity contribution is 1.16. The zero-order chi connectivity index (χ0) is 9.10. The lowest BCUT2D eigenvalue weighted by Gasteiger charge is -1.92. The summed E-state index contributed by atoms with van der Waals surface area (Å²) in [6.45, 7) is 0. The van der Waals surface area contributed by atoms with E-state index in [9.17, 15) is 0 Å². The number of hydrogen-bond acceptors (Lipinski definition) is 4. The van der Waals surface area contributed by atoms with Gasteiger partial charge in [0.05, 0.1) is 6.33 Å². The number of fused-ring (bicyclic) bond motifs is 1. The number of imidazole rings is 1. The minimum atomic E-state index is 0.403. The molecule has 0 fully saturated rings. The van der Waals surface area contributed by atoms with Gasteiger partial charge in [-0.1, -0.05) is 0 Å². The summed E-state index contributed by atoms with van der Waals surface area (Å²) in [4.78, 5) is 17.0. The zero-order valence-corrected chi connectivity index (χ0v) is 6.34. The van der Waals surface area contributed by atoms with Crippen LogP contribution in [0.2, 0.25) is 0 Å². The molecule has 0 aliphatic rings. The van der Waals surface area contributed by atoms with Gasteiger partial charge in [-0.2, -0.15) is 9.90 Å². The Bertz CT molecular complexity index is 466. The summed E-state index contributed by atoms with van der Waals surface area (Å²) in [6, 6.07) is 0. The Kier molecular flexibility index (Phi) is 1.66. The molecule has 8 nitrogen and oxygen atoms in total. The van der Waals surface area contributed by atoms with Gasteiger partial charge in [0.1, 0.15) is 6.33 Å². The van der Waals surface area contributed by atoms with Crippen molar-refractivity contribution in [2.45, 2.75) is 0 Å². The predicted molar refractivity (Wildman–Crippen MR) is 44.5 cm³/mol. The Morgan fingerprint density at radius 2 is 2.38 bits per heavy atom. The number of anilines is 1. The fraction of sp³-hybridized carbons (Fsp3) is 0. The van der Waals surface area contributed by atoms with Crippen LogP contribution in [0.1, 0.15) is 0 Å². The third-order valence-electron chi connectivity index (χ3n) is 1.42. The van der Waals surface area contributed by atoms with Crippen LogP contribution in [0.4, 0.5) is 5.82 Å². The maximum atomic E-state index is 8.08. The van der Waals surface area contributed by atoms with Crippen molar-refractivity contribution >= 4 is 17.0 Å². The van der Waals surface area contributed by atoms with Crippen LogP contribution in [0.3, 0.4) is 0 Å². The lowest BCUT2D eigenvalue weighted by atomic mass is 10.5. The monoisotopic (exact) mass is 176 g/mol. The van der Waals surface area contributed by atoms with Crippen LogP contribution >= 0.6 is 0 Å². The van der Waals surface area contributed by atoms with E-state index in [1.807, 2.05) is 0 Å². The first-order valence-electron chi connectivity index (χ1n) is 3.36. The molecule has 13 heavy (non-hydrogen) atoms. The van der Waals surface area contributed by atoms with E-state index in [0.717, 1.165) is 0 Å². The van der Waals surface area contributed by atoms with Gasteiger partial charge in [-0.3, -0.25) is 0 Å². The van der Waals surface area contributed by atoms with Crippen molar-refractivity contribution in [2.75, 3.05) is 5.43 Å². The van der Waals surface area contributed by atoms with Crippen LogP contribution in [-0.4, -0.2) is 19.9 Å². The maximum Gasteiger partial charge on any atom is 0.251 e. The Morgan fingerprint density at radius 1 is 1.46 bits per heavy atom. The predicted octanol–water partition coefficient (Wildman–Crippen LogP) is 0.990. The van der Waals surface area contributed by atoms with Gasteiger partial charge < -0.3 is 4.98 Å². The van der Waals surface area contributed by atoms with Crippen molar-refractivity contribution in [2.24, 2.45) is 5.22 Å². The second-order valence-corrected chi connectivity index (χ2v) is 2.12. The molecule has 8 heteroatoms. The van der Waals surface area contributed by atoms with Gasteiger partial charge in [0, 0.05) is 0 Å². The molecule has 2 aromatic heterocycles. The van der Waals surface area contributed by atoms with Crippen LogP contribution in [0.15, 0.2) is 17.9 Å². The summed E-state index contributed by atoms with van der Waals surface area (Å²) in [5.41, 5.74) is 11.6. The summed E-state index contributed by atoms with van der Waals surface area (Å²) in [5, 5.41) is 3.16. The van der Waals surface area contributed by atoms with E-state index < -0.39 is 0 Å². The fourth-order valence-electron chi connectivity index (χ4n) is 0.920. The molecule has 0 atom stereocenters. The summed E-state index contributed by atoms with van der Waals surface area (Å²) >= 11 is 0. The van der Waals surface area contributed by atoms with Crippen molar-refractivity contribution in [3.63, 3.8) is 0 Å². The van der Waals surface area contributed by atoms with E-state index in [0.29, 0.717) is 17.0 Å². The van der Waals surface area contributed by atoms with E-state index in [2.05, 4.69) is 35.5 Å². The molecule has 0 aliphatic carbocycles. The molecule has 0 aliphatic heterocycles. The SMILES string of the molecule is [N-]=[N+]=NNc1ncnc2nc[nH]c12. The van der Waals surface area contributed by atoms with Gasteiger partial charge in [0.15, 0.2) is 11.2 Å². The molecule has 0 bridgehead atoms. The average Bonchev–Trinajstić information content (AvgIpc) is 2.62. The van der Waals surface area contributed by atoms with E-state index in [-0.39, 0.29) is 0 Å². The largest absolute Gasteiger partial charge is 0.338 e. The lowest BCUT2D eigenvalue weighted by Crippen LogP contribution is -1.92. The minimum Gasteiger partial charge on any atom is -0.338 e. The Balaban J connectivity index is 2.54. The van der Waals surface area contributed by atoms with E-state index in [1.165, 1.54) is 12.7 Å². The van der Waals surface area contributed by atoms with Crippen molar-refractivity contribution in [3.05, 3.63) is 23.1 Å². The van der Waals surface area contributed by atoms with Crippen molar-refractivity contribution in [1.82, 2.24) is 19.9 Å². The van der Waals surface area contributed by atoms with Crippen molar-refractivity contribution < 1.29 is 0 Å². The van der Waals surface area contributed by atoms with E-state index in [1.54, 1.807) is 0 Å². The summed E-state index contributed by atoms with van der Waals surface area (Å²) in [7, 11) is 0. The number of hydrogen-bond donors (Lipinski definition) is 2. The topological polar surface area (TPSA) is 115 Å². The minimum absolute atomic E-state index is 0.403. The van der Waals surface area contributed by atoms with Crippen LogP contribution in [0.25, 0.3) is 21.6 Å². The van der Waals surface area contributed by atoms with Crippen LogP contribution in [0, 0.1) is 0 Å². The molecule has 0 radical (unpaired) electrons. The second-order valence-electron chi connectivity index (χ2n) is 2.12. The molecule has 0 spiro atoms. The molecule has 2 rings (SSSR count). The molecular formula is C5H4N8. The number of H-pyrrole nitrogens is 1. The Morgan fingerprint density at radius 3 is 3.23 bits per heavy atom. The highest BCUT2D eigenvalue weighted by atomic mass is 15.4. The quantitative estimate of drug-likeness (QED) is 0.307. The van der Waals surface area contributed by atoms with Gasteiger partial charge in [-0.25, -0.2) is 15.4 Å². The number of aromatic amines is 1. The number of azide groups is 1. The molecule has 0 unspecified atom stereocenters. The number of nitrogens with zero attached hydrogens (tertiary/aromatic N) is 6. The fourth-order valence-corrected chi connectivity index (χ4v) is 0.920. The van der Waals surface area contributed by atoms with Crippen LogP contribution < -0.4 is 5.43 Å². The van der Waals surface area contributed by atoms with Crippen molar-refractivity contribution in [1.29, 1.82) is 0 Å². The van der Waals surface area contributed by atoms with Gasteiger partial charge in [0.25, 0.3) is 5.82 Å². The van der Waals surface area contributed by atoms with Crippen molar-refractivity contribution in [3.8, 4) is 0 Å². The zero-order valence-electron chi connectivity index (χ0n) is 6.34. The van der Waals surface area contributed by atoms with Gasteiger partial charge in [-0.05, 0) is 5.22 Å². The highest BCUT2D eigenvalue weighted by Gasteiger charge is 2.05. The van der Waals surface area contributed by atoms with E-state index in [4.69, 9.17) is 5.53 Å². The highest BCUT2D eigenvalue weighted by molar-refractivity contribution is 5.81. The normalized spacial score (nSPS) is 9.54. The summed E-state index contributed by atoms with van der Waals surface area (Å²) in [5.74, 6) is 0.403. The van der Waals surface area contributed by atoms with Gasteiger partial charge in [0.2, 0.25) is 0 Å². The van der Waals surface area contributed by atoms with Gasteiger partial charge >= 0.3 is 0 Å².